The molecule has 4 rings (SSSR count). The van der Waals surface area contributed by atoms with E-state index in [1.165, 1.54) is 19.2 Å². The van der Waals surface area contributed by atoms with E-state index in [-0.39, 0.29) is 35.7 Å². The number of hydrogen-bond donors (Lipinski definition) is 1. The molecule has 1 unspecified atom stereocenters. The summed E-state index contributed by atoms with van der Waals surface area (Å²) in [5, 5.41) is 9.05. The maximum absolute atomic E-state index is 13.5. The molecule has 9 nitrogen and oxygen atoms in total. The number of benzene rings is 3. The maximum Gasteiger partial charge on any atom is 0.343 e. The molecule has 0 fully saturated rings. The summed E-state index contributed by atoms with van der Waals surface area (Å²) < 4.78 is 50.0. The third-order valence-corrected chi connectivity index (χ3v) is 8.28. The minimum absolute atomic E-state index is 0.00360. The van der Waals surface area contributed by atoms with Crippen molar-refractivity contribution in [3.8, 4) is 11.5 Å². The summed E-state index contributed by atoms with van der Waals surface area (Å²) in [5.74, 6) is -1.49. The van der Waals surface area contributed by atoms with Gasteiger partial charge in [0.2, 0.25) is 0 Å². The van der Waals surface area contributed by atoms with Gasteiger partial charge >= 0.3 is 22.1 Å². The molecule has 0 amide bonds. The second kappa shape index (κ2) is 13.2. The number of aryl methyl sites for hydroxylation is 1. The van der Waals surface area contributed by atoms with E-state index >= 15 is 0 Å². The molecular weight excluding hydrogens is 560 g/mol. The lowest BCUT2D eigenvalue weighted by Crippen LogP contribution is -2.15. The highest BCUT2D eigenvalue weighted by Gasteiger charge is 2.41. The van der Waals surface area contributed by atoms with Gasteiger partial charge < -0.3 is 23.5 Å². The highest BCUT2D eigenvalue weighted by Crippen LogP contribution is 2.47. The van der Waals surface area contributed by atoms with Crippen molar-refractivity contribution in [2.45, 2.75) is 57.6 Å². The molecule has 1 heterocycles. The second-order valence-electron chi connectivity index (χ2n) is 10.1. The Bertz CT molecular complexity index is 1590. The normalized spacial score (nSPS) is 14.8. The molecule has 0 aliphatic carbocycles. The fourth-order valence-electron chi connectivity index (χ4n) is 4.84. The van der Waals surface area contributed by atoms with E-state index < -0.39 is 28.2 Å². The Balaban J connectivity index is 1.78. The molecule has 3 aromatic carbocycles. The first-order valence-corrected chi connectivity index (χ1v) is 14.9. The van der Waals surface area contributed by atoms with Crippen LogP contribution in [0, 0.1) is 13.8 Å². The van der Waals surface area contributed by atoms with Gasteiger partial charge in [0.25, 0.3) is 0 Å². The number of ether oxygens (including phenoxy) is 3. The predicted octanol–water partition coefficient (Wildman–Crippen LogP) is 5.86. The minimum atomic E-state index is -4.36. The van der Waals surface area contributed by atoms with Crippen LogP contribution in [0.25, 0.3) is 0 Å². The third kappa shape index (κ3) is 7.00. The lowest BCUT2D eigenvalue weighted by atomic mass is 9.92. The molecule has 1 atom stereocenters. The number of carbonyl (C=O) groups is 2. The molecule has 0 bridgehead atoms. The van der Waals surface area contributed by atoms with Gasteiger partial charge in [0.15, 0.2) is 11.9 Å². The Morgan fingerprint density at radius 2 is 1.71 bits per heavy atom. The van der Waals surface area contributed by atoms with Crippen molar-refractivity contribution in [1.82, 2.24) is 0 Å². The predicted molar refractivity (Wildman–Crippen MR) is 155 cm³/mol. The number of carbonyl (C=O) groups excluding carboxylic acids is 1. The van der Waals surface area contributed by atoms with Crippen LogP contribution in [-0.2, 0) is 37.4 Å². The van der Waals surface area contributed by atoms with Crippen LogP contribution in [-0.4, -0.2) is 39.2 Å². The summed E-state index contributed by atoms with van der Waals surface area (Å²) in [5.41, 5.74) is 3.97. The number of hydrogen-bond acceptors (Lipinski definition) is 8. The molecule has 0 radical (unpaired) electrons. The molecule has 1 aliphatic rings. The van der Waals surface area contributed by atoms with Gasteiger partial charge in [-0.2, -0.15) is 8.42 Å². The number of carboxylic acids is 1. The summed E-state index contributed by atoms with van der Waals surface area (Å²) >= 11 is 0. The van der Waals surface area contributed by atoms with E-state index in [4.69, 9.17) is 23.5 Å². The summed E-state index contributed by atoms with van der Waals surface area (Å²) in [6.07, 6.45) is 1.35. The van der Waals surface area contributed by atoms with E-state index in [0.29, 0.717) is 35.5 Å². The van der Waals surface area contributed by atoms with E-state index in [2.05, 4.69) is 0 Å². The number of aliphatic carboxylic acids is 1. The lowest BCUT2D eigenvalue weighted by molar-refractivity contribution is -0.136. The molecule has 1 aliphatic heterocycles. The Hall–Kier alpha value is -4.15. The Morgan fingerprint density at radius 1 is 1.02 bits per heavy atom. The van der Waals surface area contributed by atoms with Gasteiger partial charge in [0.05, 0.1) is 20.3 Å². The number of allylic oxidation sites excluding steroid dienone is 2. The fourth-order valence-corrected chi connectivity index (χ4v) is 5.81. The Labute approximate surface area is 245 Å². The molecule has 222 valence electrons. The lowest BCUT2D eigenvalue weighted by Gasteiger charge is -2.21. The van der Waals surface area contributed by atoms with Crippen LogP contribution in [0.15, 0.2) is 71.1 Å². The first-order chi connectivity index (χ1) is 20.0. The monoisotopic (exact) mass is 594 g/mol. The average Bonchev–Trinajstić information content (AvgIpc) is 3.29. The van der Waals surface area contributed by atoms with Crippen molar-refractivity contribution in [2.75, 3.05) is 13.7 Å². The van der Waals surface area contributed by atoms with Crippen molar-refractivity contribution in [3.63, 3.8) is 0 Å². The van der Waals surface area contributed by atoms with Crippen LogP contribution in [0.4, 0.5) is 0 Å². The van der Waals surface area contributed by atoms with Crippen molar-refractivity contribution in [1.29, 1.82) is 0 Å². The molecule has 0 aromatic heterocycles. The second-order valence-corrected chi connectivity index (χ2v) is 11.7. The van der Waals surface area contributed by atoms with Crippen molar-refractivity contribution in [2.24, 2.45) is 0 Å². The number of fused-ring (bicyclic) bond motifs is 1. The van der Waals surface area contributed by atoms with Gasteiger partial charge in [0, 0.05) is 17.5 Å². The summed E-state index contributed by atoms with van der Waals surface area (Å²) in [6, 6.07) is 15.7. The molecule has 0 spiro atoms. The quantitative estimate of drug-likeness (QED) is 0.147. The van der Waals surface area contributed by atoms with Gasteiger partial charge in [0.1, 0.15) is 16.2 Å². The van der Waals surface area contributed by atoms with Gasteiger partial charge in [-0.1, -0.05) is 59.7 Å². The third-order valence-electron chi connectivity index (χ3n) is 7.04. The van der Waals surface area contributed by atoms with E-state index in [0.717, 1.165) is 16.7 Å². The van der Waals surface area contributed by atoms with Gasteiger partial charge in [-0.25, -0.2) is 4.79 Å². The topological polar surface area (TPSA) is 125 Å². The van der Waals surface area contributed by atoms with Crippen molar-refractivity contribution >= 4 is 22.1 Å². The molecule has 10 heteroatoms. The molecule has 0 saturated carbocycles. The van der Waals surface area contributed by atoms with Crippen molar-refractivity contribution in [3.05, 3.63) is 99.6 Å². The molecule has 3 aromatic rings. The number of esters is 1. The van der Waals surface area contributed by atoms with Crippen LogP contribution >= 0.6 is 0 Å². The first kappa shape index (κ1) is 30.8. The zero-order chi connectivity index (χ0) is 30.4. The van der Waals surface area contributed by atoms with Crippen LogP contribution in [0.1, 0.15) is 64.0 Å². The number of cyclic esters (lactones) is 1. The van der Waals surface area contributed by atoms with Gasteiger partial charge in [-0.3, -0.25) is 4.79 Å². The summed E-state index contributed by atoms with van der Waals surface area (Å²) in [7, 11) is -2.90. The number of rotatable bonds is 13. The molecule has 1 N–H and O–H groups in total. The highest BCUT2D eigenvalue weighted by molar-refractivity contribution is 7.87. The molecular formula is C32H34O9S. The highest BCUT2D eigenvalue weighted by atomic mass is 32.2. The zero-order valence-electron chi connectivity index (χ0n) is 24.0. The average molecular weight is 595 g/mol. The number of methoxy groups -OCH3 is 1. The first-order valence-electron chi connectivity index (χ1n) is 13.5. The SMILES string of the molecule is COc1c(C)c2c(c(OS(=O)(=O)c3ccc(C)cc3)c1CC=C(C)CCC(=O)O)C(=O)OC2COCc1ccccc1. The maximum atomic E-state index is 13.5. The van der Waals surface area contributed by atoms with Crippen LogP contribution in [0.3, 0.4) is 0 Å². The van der Waals surface area contributed by atoms with Crippen LogP contribution in [0.2, 0.25) is 0 Å². The van der Waals surface area contributed by atoms with E-state index in [1.54, 1.807) is 32.1 Å². The van der Waals surface area contributed by atoms with E-state index in [9.17, 15) is 18.0 Å². The largest absolute Gasteiger partial charge is 0.496 e. The number of carboxylic acid groups (broad SMARTS) is 1. The fraction of sp³-hybridized carbons (Fsp3) is 0.312. The summed E-state index contributed by atoms with van der Waals surface area (Å²) in [4.78, 5) is 24.3. The smallest absolute Gasteiger partial charge is 0.343 e. The summed E-state index contributed by atoms with van der Waals surface area (Å²) in [6.45, 7) is 5.72. The standard InChI is InChI=1S/C32H34O9S/c1-20-10-14-24(15-11-20)42(36,37)41-31-25(16-12-21(2)13-17-27(33)34)30(38-4)22(3)28-26(40-32(35)29(28)31)19-39-18-23-8-6-5-7-9-23/h5-12,14-15,26H,13,16-19H2,1-4H3,(H,33,34). The van der Waals surface area contributed by atoms with E-state index in [1.807, 2.05) is 37.3 Å². The van der Waals surface area contributed by atoms with Gasteiger partial charge in [-0.05, 0) is 56.9 Å². The van der Waals surface area contributed by atoms with Crippen molar-refractivity contribution < 1.29 is 41.5 Å². The van der Waals surface area contributed by atoms with Crippen LogP contribution < -0.4 is 8.92 Å². The van der Waals surface area contributed by atoms with Gasteiger partial charge in [-0.15, -0.1) is 0 Å². The molecule has 0 saturated heterocycles. The minimum Gasteiger partial charge on any atom is -0.496 e. The Morgan fingerprint density at radius 3 is 2.36 bits per heavy atom. The van der Waals surface area contributed by atoms with Crippen LogP contribution in [0.5, 0.6) is 11.5 Å². The zero-order valence-corrected chi connectivity index (χ0v) is 24.8. The molecule has 42 heavy (non-hydrogen) atoms. The Kier molecular flexibility index (Phi) is 9.70.